The summed E-state index contributed by atoms with van der Waals surface area (Å²) in [6.45, 7) is 4.38. The lowest BCUT2D eigenvalue weighted by molar-refractivity contribution is -0.144. The molecule has 1 heterocycles. The number of urea groups is 1. The lowest BCUT2D eigenvalue weighted by atomic mass is 9.91. The number of carboxylic acids is 1. The molecule has 0 bridgehead atoms. The Labute approximate surface area is 120 Å². The van der Waals surface area contributed by atoms with Crippen LogP contribution in [0, 0.1) is 5.92 Å². The Bertz CT molecular complexity index is 379. The summed E-state index contributed by atoms with van der Waals surface area (Å²) in [5.74, 6) is -0.312. The molecule has 2 rings (SSSR count). The number of carboxylic acid groups (broad SMARTS) is 1. The van der Waals surface area contributed by atoms with E-state index in [1.165, 1.54) is 19.3 Å². The molecule has 1 saturated carbocycles. The molecule has 0 aromatic heterocycles. The topological polar surface area (TPSA) is 69.6 Å². The molecule has 1 saturated heterocycles. The van der Waals surface area contributed by atoms with Gasteiger partial charge in [0.15, 0.2) is 0 Å². The number of hydrogen-bond donors (Lipinski definition) is 2. The third kappa shape index (κ3) is 2.63. The van der Waals surface area contributed by atoms with Gasteiger partial charge in [0.2, 0.25) is 0 Å². The first-order valence-electron chi connectivity index (χ1n) is 7.86. The molecule has 20 heavy (non-hydrogen) atoms. The van der Waals surface area contributed by atoms with Crippen LogP contribution in [-0.4, -0.2) is 40.1 Å². The lowest BCUT2D eigenvalue weighted by Crippen LogP contribution is -2.60. The first-order valence-corrected chi connectivity index (χ1v) is 7.86. The maximum atomic E-state index is 12.5. The Morgan fingerprint density at radius 3 is 2.45 bits per heavy atom. The predicted octanol–water partition coefficient (Wildman–Crippen LogP) is 2.60. The van der Waals surface area contributed by atoms with Crippen LogP contribution in [0.25, 0.3) is 0 Å². The van der Waals surface area contributed by atoms with E-state index in [1.54, 1.807) is 0 Å². The molecule has 1 aliphatic heterocycles. The predicted molar refractivity (Wildman–Crippen MR) is 76.5 cm³/mol. The minimum absolute atomic E-state index is 0.187. The molecule has 1 aliphatic carbocycles. The third-order valence-corrected chi connectivity index (χ3v) is 5.22. The van der Waals surface area contributed by atoms with Gasteiger partial charge < -0.3 is 15.3 Å². The molecule has 2 unspecified atom stereocenters. The van der Waals surface area contributed by atoms with Gasteiger partial charge in [-0.15, -0.1) is 0 Å². The molecule has 2 fully saturated rings. The number of carbonyl (C=O) groups is 2. The van der Waals surface area contributed by atoms with Crippen LogP contribution in [-0.2, 0) is 4.79 Å². The quantitative estimate of drug-likeness (QED) is 0.832. The average Bonchev–Trinajstić information content (AvgIpc) is 2.92. The molecular weight excluding hydrogens is 256 g/mol. The van der Waals surface area contributed by atoms with Crippen LogP contribution < -0.4 is 5.32 Å². The van der Waals surface area contributed by atoms with Crippen molar-refractivity contribution in [2.75, 3.05) is 6.54 Å². The van der Waals surface area contributed by atoms with E-state index in [0.29, 0.717) is 24.8 Å². The number of nitrogens with one attached hydrogen (secondary N) is 1. The summed E-state index contributed by atoms with van der Waals surface area (Å²) in [5, 5.41) is 12.2. The van der Waals surface area contributed by atoms with Crippen LogP contribution in [0.5, 0.6) is 0 Å². The number of likely N-dealkylation sites (tertiary alicyclic amines) is 1. The molecule has 114 valence electrons. The van der Waals surface area contributed by atoms with Gasteiger partial charge in [-0.3, -0.25) is 0 Å². The highest BCUT2D eigenvalue weighted by Gasteiger charge is 2.42. The Morgan fingerprint density at radius 2 is 1.85 bits per heavy atom. The molecular formula is C15H26N2O3. The van der Waals surface area contributed by atoms with E-state index in [9.17, 15) is 14.7 Å². The summed E-state index contributed by atoms with van der Waals surface area (Å²) in [6, 6.07) is 0.136. The Morgan fingerprint density at radius 1 is 1.20 bits per heavy atom. The molecule has 2 N–H and O–H groups in total. The number of aliphatic carboxylic acids is 1. The van der Waals surface area contributed by atoms with Crippen LogP contribution in [0.4, 0.5) is 4.79 Å². The maximum absolute atomic E-state index is 12.5. The maximum Gasteiger partial charge on any atom is 0.329 e. The van der Waals surface area contributed by atoms with Crippen LogP contribution in [0.15, 0.2) is 0 Å². The summed E-state index contributed by atoms with van der Waals surface area (Å²) in [7, 11) is 0. The monoisotopic (exact) mass is 282 g/mol. The fourth-order valence-corrected chi connectivity index (χ4v) is 3.77. The summed E-state index contributed by atoms with van der Waals surface area (Å²) in [5.41, 5.74) is -1.12. The Balaban J connectivity index is 2.08. The van der Waals surface area contributed by atoms with Crippen LogP contribution in [0.2, 0.25) is 0 Å². The Hall–Kier alpha value is -1.26. The summed E-state index contributed by atoms with van der Waals surface area (Å²) >= 11 is 0. The molecule has 0 spiro atoms. The smallest absolute Gasteiger partial charge is 0.329 e. The minimum atomic E-state index is -1.12. The molecule has 0 aromatic carbocycles. The number of nitrogens with zero attached hydrogens (tertiary/aromatic N) is 1. The third-order valence-electron chi connectivity index (χ3n) is 5.22. The number of carbonyl (C=O) groups excluding carboxylic acids is 1. The van der Waals surface area contributed by atoms with Crippen molar-refractivity contribution < 1.29 is 14.7 Å². The van der Waals surface area contributed by atoms with E-state index in [2.05, 4.69) is 5.32 Å². The van der Waals surface area contributed by atoms with Crippen molar-refractivity contribution >= 4 is 12.0 Å². The number of fused-ring (bicyclic) bond motifs is 1. The van der Waals surface area contributed by atoms with Crippen molar-refractivity contribution in [3.05, 3.63) is 0 Å². The van der Waals surface area contributed by atoms with E-state index >= 15 is 0 Å². The number of amides is 2. The van der Waals surface area contributed by atoms with Gasteiger partial charge in [-0.05, 0) is 44.4 Å². The highest BCUT2D eigenvalue weighted by molar-refractivity contribution is 5.86. The van der Waals surface area contributed by atoms with Gasteiger partial charge in [-0.2, -0.15) is 0 Å². The van der Waals surface area contributed by atoms with Crippen molar-refractivity contribution in [3.8, 4) is 0 Å². The van der Waals surface area contributed by atoms with E-state index in [1.807, 2.05) is 18.7 Å². The van der Waals surface area contributed by atoms with E-state index in [0.717, 1.165) is 19.4 Å². The van der Waals surface area contributed by atoms with Crippen molar-refractivity contribution in [1.29, 1.82) is 0 Å². The van der Waals surface area contributed by atoms with Crippen LogP contribution in [0.3, 0.4) is 0 Å². The summed E-state index contributed by atoms with van der Waals surface area (Å²) in [6.07, 6.45) is 6.52. The minimum Gasteiger partial charge on any atom is -0.480 e. The van der Waals surface area contributed by atoms with Gasteiger partial charge >= 0.3 is 12.0 Å². The lowest BCUT2D eigenvalue weighted by Gasteiger charge is -2.40. The highest BCUT2D eigenvalue weighted by atomic mass is 16.4. The normalized spacial score (nSPS) is 26.2. The van der Waals surface area contributed by atoms with Gasteiger partial charge in [-0.1, -0.05) is 20.3 Å². The molecule has 2 atom stereocenters. The van der Waals surface area contributed by atoms with Gasteiger partial charge in [0.05, 0.1) is 0 Å². The van der Waals surface area contributed by atoms with Crippen molar-refractivity contribution in [2.45, 2.75) is 70.4 Å². The van der Waals surface area contributed by atoms with E-state index in [-0.39, 0.29) is 6.03 Å². The number of hydrogen-bond acceptors (Lipinski definition) is 2. The van der Waals surface area contributed by atoms with E-state index in [4.69, 9.17) is 0 Å². The molecule has 5 heteroatoms. The van der Waals surface area contributed by atoms with Crippen molar-refractivity contribution in [3.63, 3.8) is 0 Å². The van der Waals surface area contributed by atoms with Gasteiger partial charge in [0, 0.05) is 12.6 Å². The zero-order chi connectivity index (χ0) is 14.8. The molecule has 5 nitrogen and oxygen atoms in total. The molecule has 0 aromatic rings. The SMILES string of the molecule is CCC(CC)(NC(=O)N1CCCC2CCCC21)C(=O)O. The summed E-state index contributed by atoms with van der Waals surface area (Å²) < 4.78 is 0. The summed E-state index contributed by atoms with van der Waals surface area (Å²) in [4.78, 5) is 25.9. The van der Waals surface area contributed by atoms with Crippen molar-refractivity contribution in [1.82, 2.24) is 10.2 Å². The molecule has 2 aliphatic rings. The Kier molecular flexibility index (Phi) is 4.55. The fourth-order valence-electron chi connectivity index (χ4n) is 3.77. The van der Waals surface area contributed by atoms with Gasteiger partial charge in [0.25, 0.3) is 0 Å². The first-order chi connectivity index (χ1) is 9.54. The largest absolute Gasteiger partial charge is 0.480 e. The van der Waals surface area contributed by atoms with Crippen molar-refractivity contribution in [2.24, 2.45) is 5.92 Å². The fraction of sp³-hybridized carbons (Fsp3) is 0.867. The standard InChI is InChI=1S/C15H26N2O3/c1-3-15(4-2,13(18)19)16-14(20)17-10-6-8-11-7-5-9-12(11)17/h11-12H,3-10H2,1-2H3,(H,16,20)(H,18,19). The number of rotatable bonds is 4. The zero-order valence-electron chi connectivity index (χ0n) is 12.5. The molecule has 2 amide bonds. The van der Waals surface area contributed by atoms with E-state index < -0.39 is 11.5 Å². The zero-order valence-corrected chi connectivity index (χ0v) is 12.5. The molecule has 0 radical (unpaired) electrons. The van der Waals surface area contributed by atoms with Gasteiger partial charge in [-0.25, -0.2) is 9.59 Å². The highest BCUT2D eigenvalue weighted by Crippen LogP contribution is 2.36. The second-order valence-corrected chi connectivity index (χ2v) is 6.12. The van der Waals surface area contributed by atoms with Crippen LogP contribution >= 0.6 is 0 Å². The van der Waals surface area contributed by atoms with Gasteiger partial charge in [0.1, 0.15) is 5.54 Å². The average molecular weight is 282 g/mol. The van der Waals surface area contributed by atoms with Crippen LogP contribution in [0.1, 0.15) is 58.8 Å². The second kappa shape index (κ2) is 6.02. The first kappa shape index (κ1) is 15.1. The second-order valence-electron chi connectivity index (χ2n) is 6.12. The number of piperidine rings is 1.